The van der Waals surface area contributed by atoms with E-state index in [1.807, 2.05) is 0 Å². The largest absolute Gasteiger partial charge is 0.352 e. The quantitative estimate of drug-likeness (QED) is 0.310. The van der Waals surface area contributed by atoms with Crippen LogP contribution in [0.3, 0.4) is 0 Å². The summed E-state index contributed by atoms with van der Waals surface area (Å²) in [6.45, 7) is 3.01. The second-order valence-corrected chi connectivity index (χ2v) is 12.8. The van der Waals surface area contributed by atoms with E-state index < -0.39 is 28.5 Å². The van der Waals surface area contributed by atoms with E-state index in [2.05, 4.69) is 5.32 Å². The minimum Gasteiger partial charge on any atom is -0.352 e. The van der Waals surface area contributed by atoms with E-state index in [1.54, 1.807) is 74.5 Å². The van der Waals surface area contributed by atoms with Crippen LogP contribution in [-0.2, 0) is 26.2 Å². The van der Waals surface area contributed by atoms with Gasteiger partial charge in [0.25, 0.3) is 10.0 Å². The highest BCUT2D eigenvalue weighted by atomic mass is 35.5. The number of hydrogen-bond donors (Lipinski definition) is 1. The number of amides is 2. The molecule has 1 unspecified atom stereocenters. The van der Waals surface area contributed by atoms with Crippen LogP contribution in [0, 0.1) is 6.92 Å². The van der Waals surface area contributed by atoms with Gasteiger partial charge in [0, 0.05) is 22.6 Å². The van der Waals surface area contributed by atoms with Crippen molar-refractivity contribution in [3.05, 3.63) is 94.0 Å². The fourth-order valence-electron chi connectivity index (χ4n) is 4.89. The Kier molecular flexibility index (Phi) is 9.77. The molecule has 4 rings (SSSR count). The predicted octanol–water partition coefficient (Wildman–Crippen LogP) is 5.97. The minimum absolute atomic E-state index is 0.0495. The molecule has 10 heteroatoms. The van der Waals surface area contributed by atoms with Crippen molar-refractivity contribution in [1.29, 1.82) is 0 Å². The highest BCUT2D eigenvalue weighted by Gasteiger charge is 2.33. The van der Waals surface area contributed by atoms with E-state index >= 15 is 0 Å². The van der Waals surface area contributed by atoms with Gasteiger partial charge in [0.2, 0.25) is 11.8 Å². The maximum Gasteiger partial charge on any atom is 0.264 e. The highest BCUT2D eigenvalue weighted by molar-refractivity contribution is 7.92. The third kappa shape index (κ3) is 7.16. The molecule has 1 atom stereocenters. The van der Waals surface area contributed by atoms with Crippen molar-refractivity contribution in [2.24, 2.45) is 0 Å². The first kappa shape index (κ1) is 29.9. The van der Waals surface area contributed by atoms with Crippen LogP contribution in [0.25, 0.3) is 0 Å². The molecule has 1 aliphatic rings. The minimum atomic E-state index is -4.14. The molecule has 0 bridgehead atoms. The van der Waals surface area contributed by atoms with Crippen LogP contribution in [0.1, 0.15) is 43.7 Å². The number of carbonyl (C=O) groups excluding carboxylic acids is 2. The summed E-state index contributed by atoms with van der Waals surface area (Å²) in [5.74, 6) is -0.785. The van der Waals surface area contributed by atoms with Gasteiger partial charge in [-0.2, -0.15) is 0 Å². The first-order valence-corrected chi connectivity index (χ1v) is 15.4. The van der Waals surface area contributed by atoms with Crippen molar-refractivity contribution in [3.8, 4) is 0 Å². The average molecular weight is 603 g/mol. The van der Waals surface area contributed by atoms with E-state index in [-0.39, 0.29) is 23.4 Å². The maximum absolute atomic E-state index is 14.0. The topological polar surface area (TPSA) is 86.8 Å². The number of nitrogens with zero attached hydrogens (tertiary/aromatic N) is 2. The number of aryl methyl sites for hydroxylation is 1. The maximum atomic E-state index is 14.0. The standard InChI is InChI=1S/C30H33Cl2N3O4S/c1-21-18-25(32)16-17-28(21)35(40(38,39)27-10-4-3-5-11-27)20-29(36)34(19-23-12-14-24(31)15-13-23)22(2)30(37)33-26-8-6-7-9-26/h3-5,10-18,22,26H,6-9,19-20H2,1-2H3,(H,33,37). The predicted molar refractivity (Wildman–Crippen MR) is 159 cm³/mol. The van der Waals surface area contributed by atoms with Crippen LogP contribution in [0.15, 0.2) is 77.7 Å². The van der Waals surface area contributed by atoms with Gasteiger partial charge in [-0.25, -0.2) is 8.42 Å². The van der Waals surface area contributed by atoms with Gasteiger partial charge in [-0.15, -0.1) is 0 Å². The molecule has 40 heavy (non-hydrogen) atoms. The fourth-order valence-corrected chi connectivity index (χ4v) is 6.75. The Bertz CT molecular complexity index is 1440. The summed E-state index contributed by atoms with van der Waals surface area (Å²) in [4.78, 5) is 28.8. The van der Waals surface area contributed by atoms with Crippen molar-refractivity contribution in [3.63, 3.8) is 0 Å². The zero-order valence-electron chi connectivity index (χ0n) is 22.5. The molecule has 1 saturated carbocycles. The SMILES string of the molecule is Cc1cc(Cl)ccc1N(CC(=O)N(Cc1ccc(Cl)cc1)C(C)C(=O)NC1CCCC1)S(=O)(=O)c1ccccc1. The number of halogens is 2. The molecule has 2 amide bonds. The summed E-state index contributed by atoms with van der Waals surface area (Å²) in [5, 5.41) is 4.06. The Morgan fingerprint density at radius 2 is 1.57 bits per heavy atom. The van der Waals surface area contributed by atoms with Crippen molar-refractivity contribution in [2.45, 2.75) is 63.1 Å². The number of hydrogen-bond acceptors (Lipinski definition) is 4. The average Bonchev–Trinajstić information content (AvgIpc) is 3.45. The lowest BCUT2D eigenvalue weighted by Crippen LogP contribution is -2.52. The molecule has 0 aliphatic heterocycles. The Morgan fingerprint density at radius 3 is 2.20 bits per heavy atom. The zero-order valence-corrected chi connectivity index (χ0v) is 24.8. The van der Waals surface area contributed by atoms with Crippen LogP contribution in [0.5, 0.6) is 0 Å². The van der Waals surface area contributed by atoms with E-state index in [1.165, 1.54) is 17.0 Å². The Hall–Kier alpha value is -3.07. The molecular formula is C30H33Cl2N3O4S. The van der Waals surface area contributed by atoms with Gasteiger partial charge in [-0.05, 0) is 80.3 Å². The van der Waals surface area contributed by atoms with Gasteiger partial charge < -0.3 is 10.2 Å². The van der Waals surface area contributed by atoms with Crippen molar-refractivity contribution >= 4 is 50.7 Å². The van der Waals surface area contributed by atoms with Gasteiger partial charge in [0.15, 0.2) is 0 Å². The molecule has 7 nitrogen and oxygen atoms in total. The van der Waals surface area contributed by atoms with Crippen LogP contribution < -0.4 is 9.62 Å². The summed E-state index contributed by atoms with van der Waals surface area (Å²) in [6, 6.07) is 19.0. The second kappa shape index (κ2) is 13.1. The number of anilines is 1. The number of carbonyl (C=O) groups is 2. The summed E-state index contributed by atoms with van der Waals surface area (Å²) in [5.41, 5.74) is 1.69. The smallest absolute Gasteiger partial charge is 0.264 e. The molecule has 3 aromatic rings. The summed E-state index contributed by atoms with van der Waals surface area (Å²) < 4.78 is 28.9. The Balaban J connectivity index is 1.70. The highest BCUT2D eigenvalue weighted by Crippen LogP contribution is 2.29. The second-order valence-electron chi connectivity index (χ2n) is 10.1. The van der Waals surface area contributed by atoms with Gasteiger partial charge in [0.1, 0.15) is 12.6 Å². The monoisotopic (exact) mass is 601 g/mol. The molecule has 0 aromatic heterocycles. The lowest BCUT2D eigenvalue weighted by atomic mass is 10.1. The van der Waals surface area contributed by atoms with E-state index in [9.17, 15) is 18.0 Å². The molecule has 0 spiro atoms. The first-order chi connectivity index (χ1) is 19.1. The van der Waals surface area contributed by atoms with E-state index in [4.69, 9.17) is 23.2 Å². The number of sulfonamides is 1. The number of rotatable bonds is 10. The molecule has 0 heterocycles. The normalized spacial score (nSPS) is 14.5. The van der Waals surface area contributed by atoms with Crippen molar-refractivity contribution < 1.29 is 18.0 Å². The molecule has 0 saturated heterocycles. The molecule has 212 valence electrons. The third-order valence-electron chi connectivity index (χ3n) is 7.17. The van der Waals surface area contributed by atoms with E-state index in [0.717, 1.165) is 35.6 Å². The lowest BCUT2D eigenvalue weighted by Gasteiger charge is -2.33. The first-order valence-electron chi connectivity index (χ1n) is 13.2. The molecule has 1 fully saturated rings. The molecule has 1 N–H and O–H groups in total. The van der Waals surface area contributed by atoms with Crippen LogP contribution in [-0.4, -0.2) is 43.8 Å². The van der Waals surface area contributed by atoms with E-state index in [0.29, 0.717) is 21.3 Å². The third-order valence-corrected chi connectivity index (χ3v) is 9.43. The molecule has 3 aromatic carbocycles. The summed E-state index contributed by atoms with van der Waals surface area (Å²) >= 11 is 12.2. The van der Waals surface area contributed by atoms with Gasteiger partial charge in [-0.1, -0.05) is 66.4 Å². The Labute approximate surface area is 246 Å². The molecule has 1 aliphatic carbocycles. The summed E-state index contributed by atoms with van der Waals surface area (Å²) in [6.07, 6.45) is 3.92. The van der Waals surface area contributed by atoms with Crippen LogP contribution >= 0.6 is 23.2 Å². The van der Waals surface area contributed by atoms with Gasteiger partial charge in [0.05, 0.1) is 10.6 Å². The van der Waals surface area contributed by atoms with Gasteiger partial charge >= 0.3 is 0 Å². The fraction of sp³-hybridized carbons (Fsp3) is 0.333. The Morgan fingerprint density at radius 1 is 0.950 bits per heavy atom. The number of nitrogens with one attached hydrogen (secondary N) is 1. The van der Waals surface area contributed by atoms with Gasteiger partial charge in [-0.3, -0.25) is 13.9 Å². The van der Waals surface area contributed by atoms with Crippen LogP contribution in [0.2, 0.25) is 10.0 Å². The van der Waals surface area contributed by atoms with Crippen molar-refractivity contribution in [2.75, 3.05) is 10.8 Å². The molecule has 0 radical (unpaired) electrons. The van der Waals surface area contributed by atoms with Crippen LogP contribution in [0.4, 0.5) is 5.69 Å². The summed E-state index contributed by atoms with van der Waals surface area (Å²) in [7, 11) is -4.14. The van der Waals surface area contributed by atoms with Crippen molar-refractivity contribution in [1.82, 2.24) is 10.2 Å². The number of benzene rings is 3. The molecular weight excluding hydrogens is 569 g/mol. The zero-order chi connectivity index (χ0) is 28.9. The lowest BCUT2D eigenvalue weighted by molar-refractivity contribution is -0.139.